The van der Waals surface area contributed by atoms with E-state index in [1.54, 1.807) is 6.21 Å². The van der Waals surface area contributed by atoms with E-state index < -0.39 is 0 Å². The van der Waals surface area contributed by atoms with Crippen molar-refractivity contribution in [3.8, 4) is 0 Å². The molecule has 5 heteroatoms. The summed E-state index contributed by atoms with van der Waals surface area (Å²) < 4.78 is 0. The molecule has 1 aromatic carbocycles. The lowest BCUT2D eigenvalue weighted by atomic mass is 10.2. The summed E-state index contributed by atoms with van der Waals surface area (Å²) in [5.41, 5.74) is 2.00. The van der Waals surface area contributed by atoms with Gasteiger partial charge >= 0.3 is 4.87 Å². The highest BCUT2D eigenvalue weighted by atomic mass is 32.1. The number of rotatable bonds is 2. The van der Waals surface area contributed by atoms with Crippen LogP contribution in [0, 0.1) is 6.92 Å². The van der Waals surface area contributed by atoms with E-state index in [0.29, 0.717) is 5.03 Å². The number of nitrogens with zero attached hydrogens (tertiary/aromatic N) is 1. The Morgan fingerprint density at radius 3 is 2.81 bits per heavy atom. The molecule has 16 heavy (non-hydrogen) atoms. The molecule has 0 bridgehead atoms. The second kappa shape index (κ2) is 4.67. The molecule has 1 heterocycles. The molecule has 1 N–H and O–H groups in total. The minimum atomic E-state index is -0.115. The van der Waals surface area contributed by atoms with Crippen molar-refractivity contribution in [2.75, 3.05) is 0 Å². The van der Waals surface area contributed by atoms with Crippen LogP contribution in [0.3, 0.4) is 0 Å². The number of aliphatic imine (C=N–C) groups is 1. The van der Waals surface area contributed by atoms with Gasteiger partial charge in [-0.1, -0.05) is 29.5 Å². The molecule has 0 aliphatic rings. The molecule has 0 spiro atoms. The Morgan fingerprint density at radius 1 is 1.44 bits per heavy atom. The fourth-order valence-corrected chi connectivity index (χ4v) is 2.23. The van der Waals surface area contributed by atoms with E-state index in [-0.39, 0.29) is 4.87 Å². The summed E-state index contributed by atoms with van der Waals surface area (Å²) in [6, 6.07) is 7.82. The van der Waals surface area contributed by atoms with Gasteiger partial charge in [0.05, 0.1) is 15.6 Å². The largest absolute Gasteiger partial charge is 0.307 e. The van der Waals surface area contributed by atoms with Crippen molar-refractivity contribution < 1.29 is 0 Å². The Kier molecular flexibility index (Phi) is 3.26. The van der Waals surface area contributed by atoms with Gasteiger partial charge in [0, 0.05) is 6.21 Å². The molecule has 0 aliphatic heterocycles. The van der Waals surface area contributed by atoms with Gasteiger partial charge in [-0.25, -0.2) is 0 Å². The third kappa shape index (κ3) is 2.43. The number of thiol groups is 1. The minimum absolute atomic E-state index is 0.115. The van der Waals surface area contributed by atoms with E-state index >= 15 is 0 Å². The Labute approximate surface area is 102 Å². The average Bonchev–Trinajstić information content (AvgIpc) is 2.56. The molecule has 0 radical (unpaired) electrons. The molecule has 1 aromatic heterocycles. The smallest absolute Gasteiger partial charge is 0.305 e. The van der Waals surface area contributed by atoms with Crippen LogP contribution in [-0.4, -0.2) is 11.2 Å². The first kappa shape index (κ1) is 11.2. The van der Waals surface area contributed by atoms with Crippen molar-refractivity contribution >= 4 is 35.9 Å². The highest BCUT2D eigenvalue weighted by Gasteiger charge is 2.01. The lowest BCUT2D eigenvalue weighted by molar-refractivity contribution is 1.16. The van der Waals surface area contributed by atoms with Gasteiger partial charge in [-0.05, 0) is 18.6 Å². The molecule has 82 valence electrons. The fourth-order valence-electron chi connectivity index (χ4n) is 1.26. The lowest BCUT2D eigenvalue weighted by Crippen LogP contribution is -1.89. The quantitative estimate of drug-likeness (QED) is 0.625. The summed E-state index contributed by atoms with van der Waals surface area (Å²) in [6.07, 6.45) is 1.66. The van der Waals surface area contributed by atoms with Crippen LogP contribution >= 0.6 is 24.0 Å². The number of H-pyrrole nitrogens is 1. The summed E-state index contributed by atoms with van der Waals surface area (Å²) >= 11 is 5.26. The van der Waals surface area contributed by atoms with Crippen molar-refractivity contribution in [3.63, 3.8) is 0 Å². The Balaban J connectivity index is 2.32. The zero-order valence-electron chi connectivity index (χ0n) is 8.60. The second-order valence-corrected chi connectivity index (χ2v) is 4.73. The normalized spacial score (nSPS) is 11.1. The van der Waals surface area contributed by atoms with Crippen LogP contribution < -0.4 is 4.87 Å². The van der Waals surface area contributed by atoms with Gasteiger partial charge in [0.2, 0.25) is 0 Å². The minimum Gasteiger partial charge on any atom is -0.307 e. The number of aryl methyl sites for hydroxylation is 1. The number of hydrogen-bond acceptors (Lipinski definition) is 4. The highest BCUT2D eigenvalue weighted by Crippen LogP contribution is 2.18. The van der Waals surface area contributed by atoms with E-state index in [9.17, 15) is 4.79 Å². The summed E-state index contributed by atoms with van der Waals surface area (Å²) in [4.78, 5) is 18.6. The van der Waals surface area contributed by atoms with Crippen molar-refractivity contribution in [3.05, 3.63) is 44.4 Å². The maximum Gasteiger partial charge on any atom is 0.305 e. The van der Waals surface area contributed by atoms with E-state index in [1.807, 2.05) is 31.2 Å². The molecule has 2 aromatic rings. The Morgan fingerprint density at radius 2 is 2.19 bits per heavy atom. The predicted molar refractivity (Wildman–Crippen MR) is 70.6 cm³/mol. The number of nitrogens with one attached hydrogen (secondary N) is 1. The first-order chi connectivity index (χ1) is 7.66. The highest BCUT2D eigenvalue weighted by molar-refractivity contribution is 7.80. The first-order valence-corrected chi connectivity index (χ1v) is 5.95. The first-order valence-electron chi connectivity index (χ1n) is 4.68. The van der Waals surface area contributed by atoms with Crippen LogP contribution in [0.2, 0.25) is 0 Å². The van der Waals surface area contributed by atoms with Crippen LogP contribution in [0.15, 0.2) is 39.1 Å². The molecule has 3 nitrogen and oxygen atoms in total. The predicted octanol–water partition coefficient (Wildman–Crippen LogP) is 2.78. The van der Waals surface area contributed by atoms with E-state index in [1.165, 1.54) is 0 Å². The van der Waals surface area contributed by atoms with Gasteiger partial charge in [-0.2, -0.15) is 0 Å². The molecule has 0 aliphatic carbocycles. The SMILES string of the molecule is Cc1ccccc1N=Cc1sc(=O)[nH]c1S. The lowest BCUT2D eigenvalue weighted by Gasteiger charge is -1.97. The van der Waals surface area contributed by atoms with Gasteiger partial charge in [0.25, 0.3) is 0 Å². The molecule has 0 saturated carbocycles. The maximum absolute atomic E-state index is 11.0. The molecule has 0 fully saturated rings. The Hall–Kier alpha value is -1.33. The summed E-state index contributed by atoms with van der Waals surface area (Å²) in [7, 11) is 0. The number of thiazole rings is 1. The van der Waals surface area contributed by atoms with Crippen LogP contribution in [-0.2, 0) is 0 Å². The standard InChI is InChI=1S/C11H10N2OS2/c1-7-4-2-3-5-8(7)12-6-9-10(15)13-11(14)16-9/h2-6,15H,1H3,(H,13,14). The molecule has 0 saturated heterocycles. The Bertz CT molecular complexity index is 584. The summed E-state index contributed by atoms with van der Waals surface area (Å²) in [6.45, 7) is 1.99. The zero-order valence-corrected chi connectivity index (χ0v) is 10.3. The van der Waals surface area contributed by atoms with Gasteiger partial charge in [0.1, 0.15) is 0 Å². The van der Waals surface area contributed by atoms with E-state index in [4.69, 9.17) is 0 Å². The van der Waals surface area contributed by atoms with Crippen molar-refractivity contribution in [2.45, 2.75) is 11.9 Å². The molecule has 0 atom stereocenters. The maximum atomic E-state index is 11.0. The van der Waals surface area contributed by atoms with Gasteiger partial charge < -0.3 is 4.98 Å². The van der Waals surface area contributed by atoms with Crippen LogP contribution in [0.25, 0.3) is 0 Å². The van der Waals surface area contributed by atoms with Crippen LogP contribution in [0.5, 0.6) is 0 Å². The molecular weight excluding hydrogens is 240 g/mol. The van der Waals surface area contributed by atoms with Crippen molar-refractivity contribution in [1.29, 1.82) is 0 Å². The fraction of sp³-hybridized carbons (Fsp3) is 0.0909. The molecular formula is C11H10N2OS2. The number of aromatic amines is 1. The molecule has 0 amide bonds. The number of aromatic nitrogens is 1. The van der Waals surface area contributed by atoms with E-state index in [0.717, 1.165) is 27.5 Å². The average molecular weight is 250 g/mol. The zero-order chi connectivity index (χ0) is 11.5. The number of para-hydroxylation sites is 1. The van der Waals surface area contributed by atoms with Gasteiger partial charge in [0.15, 0.2) is 0 Å². The number of hydrogen-bond donors (Lipinski definition) is 2. The van der Waals surface area contributed by atoms with Gasteiger partial charge in [-0.15, -0.1) is 12.6 Å². The van der Waals surface area contributed by atoms with Crippen molar-refractivity contribution in [2.24, 2.45) is 4.99 Å². The van der Waals surface area contributed by atoms with Crippen LogP contribution in [0.4, 0.5) is 5.69 Å². The third-order valence-corrected chi connectivity index (χ3v) is 3.41. The van der Waals surface area contributed by atoms with E-state index in [2.05, 4.69) is 22.6 Å². The summed E-state index contributed by atoms with van der Waals surface area (Å²) in [5.74, 6) is 0. The number of benzene rings is 1. The monoisotopic (exact) mass is 250 g/mol. The topological polar surface area (TPSA) is 45.2 Å². The van der Waals surface area contributed by atoms with Crippen LogP contribution in [0.1, 0.15) is 10.4 Å². The third-order valence-electron chi connectivity index (χ3n) is 2.09. The van der Waals surface area contributed by atoms with Gasteiger partial charge in [-0.3, -0.25) is 9.79 Å². The summed E-state index contributed by atoms with van der Waals surface area (Å²) in [5, 5.41) is 0.562. The van der Waals surface area contributed by atoms with Crippen molar-refractivity contribution in [1.82, 2.24) is 4.98 Å². The molecule has 2 rings (SSSR count). The second-order valence-electron chi connectivity index (χ2n) is 3.27. The molecule has 0 unspecified atom stereocenters.